The molecule has 3 heterocycles. The molecule has 2 atom stereocenters. The zero-order valence-corrected chi connectivity index (χ0v) is 12.0. The second-order valence-corrected chi connectivity index (χ2v) is 6.48. The molecule has 2 saturated heterocycles. The first-order valence-corrected chi connectivity index (χ1v) is 7.43. The molecule has 2 aliphatic rings. The van der Waals surface area contributed by atoms with Crippen molar-refractivity contribution in [1.82, 2.24) is 9.88 Å². The van der Waals surface area contributed by atoms with Crippen molar-refractivity contribution >= 4 is 0 Å². The van der Waals surface area contributed by atoms with Crippen LogP contribution in [-0.4, -0.2) is 35.2 Å². The number of pyridine rings is 1. The Labute approximate surface area is 116 Å². The van der Waals surface area contributed by atoms with E-state index in [4.69, 9.17) is 4.74 Å². The minimum absolute atomic E-state index is 0.143. The van der Waals surface area contributed by atoms with Crippen molar-refractivity contribution < 1.29 is 4.74 Å². The van der Waals surface area contributed by atoms with Gasteiger partial charge in [-0.25, -0.2) is 0 Å². The molecule has 0 aliphatic carbocycles. The third kappa shape index (κ3) is 2.82. The van der Waals surface area contributed by atoms with Crippen LogP contribution in [0.5, 0.6) is 0 Å². The van der Waals surface area contributed by atoms with Gasteiger partial charge in [-0.05, 0) is 36.8 Å². The van der Waals surface area contributed by atoms with Crippen molar-refractivity contribution in [3.05, 3.63) is 30.1 Å². The van der Waals surface area contributed by atoms with Gasteiger partial charge in [-0.3, -0.25) is 9.88 Å². The monoisotopic (exact) mass is 260 g/mol. The molecule has 19 heavy (non-hydrogen) atoms. The minimum Gasteiger partial charge on any atom is -0.373 e. The summed E-state index contributed by atoms with van der Waals surface area (Å²) in [6, 6.07) is 6.15. The Balaban J connectivity index is 1.59. The first-order chi connectivity index (χ1) is 9.17. The summed E-state index contributed by atoms with van der Waals surface area (Å²) in [6.45, 7) is 8.75. The Morgan fingerprint density at radius 1 is 1.47 bits per heavy atom. The van der Waals surface area contributed by atoms with Crippen molar-refractivity contribution in [3.63, 3.8) is 0 Å². The smallest absolute Gasteiger partial charge is 0.0824 e. The number of ether oxygens (including phenoxy) is 1. The van der Waals surface area contributed by atoms with E-state index >= 15 is 0 Å². The highest BCUT2D eigenvalue weighted by atomic mass is 16.5. The number of nitrogens with zero attached hydrogens (tertiary/aromatic N) is 2. The Morgan fingerprint density at radius 2 is 2.37 bits per heavy atom. The lowest BCUT2D eigenvalue weighted by atomic mass is 9.87. The van der Waals surface area contributed by atoms with Gasteiger partial charge in [-0.15, -0.1) is 0 Å². The van der Waals surface area contributed by atoms with E-state index in [-0.39, 0.29) is 5.60 Å². The van der Waals surface area contributed by atoms with E-state index in [1.807, 2.05) is 12.3 Å². The summed E-state index contributed by atoms with van der Waals surface area (Å²) < 4.78 is 6.18. The van der Waals surface area contributed by atoms with Gasteiger partial charge in [-0.2, -0.15) is 0 Å². The number of hydrogen-bond donors (Lipinski definition) is 0. The van der Waals surface area contributed by atoms with Crippen molar-refractivity contribution in [1.29, 1.82) is 0 Å². The number of aromatic nitrogens is 1. The third-order valence-electron chi connectivity index (χ3n) is 4.69. The Bertz CT molecular complexity index is 420. The molecule has 104 valence electrons. The number of likely N-dealkylation sites (tertiary alicyclic amines) is 1. The molecule has 2 fully saturated rings. The van der Waals surface area contributed by atoms with E-state index in [2.05, 4.69) is 35.9 Å². The van der Waals surface area contributed by atoms with Crippen LogP contribution in [0, 0.1) is 11.8 Å². The number of hydrogen-bond acceptors (Lipinski definition) is 3. The molecule has 2 unspecified atom stereocenters. The highest BCUT2D eigenvalue weighted by molar-refractivity contribution is 5.05. The average Bonchev–Trinajstić information content (AvgIpc) is 2.99. The second kappa shape index (κ2) is 5.22. The van der Waals surface area contributed by atoms with Gasteiger partial charge < -0.3 is 4.74 Å². The quantitative estimate of drug-likeness (QED) is 0.835. The Morgan fingerprint density at radius 3 is 3.05 bits per heavy atom. The molecule has 0 saturated carbocycles. The molecule has 0 bridgehead atoms. The third-order valence-corrected chi connectivity index (χ3v) is 4.69. The summed E-state index contributed by atoms with van der Waals surface area (Å²) in [7, 11) is 0. The first-order valence-electron chi connectivity index (χ1n) is 7.43. The van der Waals surface area contributed by atoms with E-state index in [1.165, 1.54) is 12.8 Å². The molecular weight excluding hydrogens is 236 g/mol. The van der Waals surface area contributed by atoms with E-state index in [1.54, 1.807) is 0 Å². The molecule has 3 nitrogen and oxygen atoms in total. The Hall–Kier alpha value is -0.930. The normalized spacial score (nSPS) is 31.6. The van der Waals surface area contributed by atoms with E-state index in [0.29, 0.717) is 0 Å². The van der Waals surface area contributed by atoms with E-state index < -0.39 is 0 Å². The lowest BCUT2D eigenvalue weighted by Crippen LogP contribution is -2.32. The van der Waals surface area contributed by atoms with Gasteiger partial charge in [0.2, 0.25) is 0 Å². The van der Waals surface area contributed by atoms with Crippen molar-refractivity contribution in [2.75, 3.05) is 19.7 Å². The standard InChI is InChI=1S/C16H24N2O/c1-13(2)14-9-16(19-11-14)6-8-18(12-16)10-15-5-3-4-7-17-15/h3-5,7,13-14H,6,8-12H2,1-2H3. The summed E-state index contributed by atoms with van der Waals surface area (Å²) in [4.78, 5) is 6.91. The lowest BCUT2D eigenvalue weighted by Gasteiger charge is -2.24. The van der Waals surface area contributed by atoms with Crippen LogP contribution < -0.4 is 0 Å². The number of rotatable bonds is 3. The molecule has 1 aromatic rings. The summed E-state index contributed by atoms with van der Waals surface area (Å²) in [6.07, 6.45) is 4.30. The van der Waals surface area contributed by atoms with Crippen LogP contribution in [0.3, 0.4) is 0 Å². The molecule has 0 radical (unpaired) electrons. The van der Waals surface area contributed by atoms with Gasteiger partial charge in [-0.1, -0.05) is 19.9 Å². The topological polar surface area (TPSA) is 25.4 Å². The molecule has 0 aromatic carbocycles. The van der Waals surface area contributed by atoms with Crippen LogP contribution in [0.4, 0.5) is 0 Å². The van der Waals surface area contributed by atoms with Gasteiger partial charge >= 0.3 is 0 Å². The summed E-state index contributed by atoms with van der Waals surface area (Å²) in [5.74, 6) is 1.49. The maximum absolute atomic E-state index is 6.18. The SMILES string of the molecule is CC(C)C1COC2(CCN(Cc3ccccn3)C2)C1. The summed E-state index contributed by atoms with van der Waals surface area (Å²) in [5, 5.41) is 0. The molecule has 0 amide bonds. The fourth-order valence-corrected chi connectivity index (χ4v) is 3.38. The van der Waals surface area contributed by atoms with Crippen LogP contribution >= 0.6 is 0 Å². The second-order valence-electron chi connectivity index (χ2n) is 6.48. The lowest BCUT2D eigenvalue weighted by molar-refractivity contribution is 0.0105. The molecule has 2 aliphatic heterocycles. The fourth-order valence-electron chi connectivity index (χ4n) is 3.38. The molecular formula is C16H24N2O. The van der Waals surface area contributed by atoms with Crippen LogP contribution in [0.1, 0.15) is 32.4 Å². The van der Waals surface area contributed by atoms with Crippen LogP contribution in [0.15, 0.2) is 24.4 Å². The molecule has 0 N–H and O–H groups in total. The van der Waals surface area contributed by atoms with Gasteiger partial charge in [0.05, 0.1) is 17.9 Å². The Kier molecular flexibility index (Phi) is 3.59. The molecule has 3 rings (SSSR count). The first kappa shape index (κ1) is 13.1. The van der Waals surface area contributed by atoms with Gasteiger partial charge in [0, 0.05) is 25.8 Å². The largest absolute Gasteiger partial charge is 0.373 e. The average molecular weight is 260 g/mol. The van der Waals surface area contributed by atoms with E-state index in [9.17, 15) is 0 Å². The maximum Gasteiger partial charge on any atom is 0.0824 e. The minimum atomic E-state index is 0.143. The molecule has 1 aromatic heterocycles. The zero-order chi connectivity index (χ0) is 13.3. The van der Waals surface area contributed by atoms with Crippen molar-refractivity contribution in [2.45, 2.75) is 38.8 Å². The van der Waals surface area contributed by atoms with Gasteiger partial charge in [0.15, 0.2) is 0 Å². The van der Waals surface area contributed by atoms with Crippen molar-refractivity contribution in [3.8, 4) is 0 Å². The maximum atomic E-state index is 6.18. The molecule has 3 heteroatoms. The van der Waals surface area contributed by atoms with Gasteiger partial charge in [0.1, 0.15) is 0 Å². The summed E-state index contributed by atoms with van der Waals surface area (Å²) in [5.41, 5.74) is 1.31. The summed E-state index contributed by atoms with van der Waals surface area (Å²) >= 11 is 0. The van der Waals surface area contributed by atoms with Crippen LogP contribution in [0.25, 0.3) is 0 Å². The van der Waals surface area contributed by atoms with Crippen LogP contribution in [0.2, 0.25) is 0 Å². The van der Waals surface area contributed by atoms with Gasteiger partial charge in [0.25, 0.3) is 0 Å². The van der Waals surface area contributed by atoms with Crippen LogP contribution in [-0.2, 0) is 11.3 Å². The van der Waals surface area contributed by atoms with E-state index in [0.717, 1.165) is 43.8 Å². The van der Waals surface area contributed by atoms with Crippen molar-refractivity contribution in [2.24, 2.45) is 11.8 Å². The fraction of sp³-hybridized carbons (Fsp3) is 0.688. The molecule has 1 spiro atoms. The zero-order valence-electron chi connectivity index (χ0n) is 12.0. The predicted molar refractivity (Wildman–Crippen MR) is 75.8 cm³/mol. The highest BCUT2D eigenvalue weighted by Gasteiger charge is 2.45. The highest BCUT2D eigenvalue weighted by Crippen LogP contribution is 2.40. The predicted octanol–water partition coefficient (Wildman–Crippen LogP) is 2.72.